The Hall–Kier alpha value is -0.930. The number of hydrogen-bond donors (Lipinski definition) is 1. The van der Waals surface area contributed by atoms with E-state index in [1.165, 1.54) is 0 Å². The van der Waals surface area contributed by atoms with Crippen LogP contribution < -0.4 is 0 Å². The minimum atomic E-state index is -1.83. The molecule has 0 fully saturated rings. The molecule has 8 heavy (non-hydrogen) atoms. The first kappa shape index (κ1) is 10.1. The molecule has 0 rings (SSSR count). The molecule has 4 heteroatoms. The molecule has 0 atom stereocenters. The molecule has 0 saturated carbocycles. The maximum Gasteiger partial charge on any atom is 0.300 e. The maximum atomic E-state index is 10.1. The molecule has 0 unspecified atom stereocenters. The molecule has 0 aliphatic heterocycles. The molecule has 48 valence electrons. The van der Waals surface area contributed by atoms with Crippen molar-refractivity contribution in [3.63, 3.8) is 0 Å². The van der Waals surface area contributed by atoms with Crippen LogP contribution >= 0.6 is 0 Å². The minimum absolute atomic E-state index is 0.833. The first-order valence-corrected chi connectivity index (χ1v) is 1.66. The van der Waals surface area contributed by atoms with Gasteiger partial charge in [0.25, 0.3) is 12.0 Å². The lowest BCUT2D eigenvalue weighted by Gasteiger charge is -1.59. The Morgan fingerprint density at radius 2 is 1.62 bits per heavy atom. The Kier molecular flexibility index (Phi) is 7.69. The molecule has 1 N–H and O–H groups in total. The molecule has 0 amide bonds. The first-order valence-electron chi connectivity index (χ1n) is 1.66. The van der Waals surface area contributed by atoms with E-state index in [2.05, 4.69) is 6.58 Å². The number of hydrogen-bond acceptors (Lipinski definition) is 1. The molecule has 0 saturated heterocycles. The van der Waals surface area contributed by atoms with Crippen molar-refractivity contribution in [2.75, 3.05) is 0 Å². The van der Waals surface area contributed by atoms with Gasteiger partial charge in [-0.2, -0.15) is 8.78 Å². The third-order valence-electron chi connectivity index (χ3n) is 0. The maximum absolute atomic E-state index is 10.1. The van der Waals surface area contributed by atoms with Crippen molar-refractivity contribution in [1.82, 2.24) is 0 Å². The van der Waals surface area contributed by atoms with Crippen molar-refractivity contribution in [3.8, 4) is 0 Å². The highest BCUT2D eigenvalue weighted by atomic mass is 19.3. The average molecular weight is 124 g/mol. The van der Waals surface area contributed by atoms with Gasteiger partial charge in [0.15, 0.2) is 0 Å². The van der Waals surface area contributed by atoms with Crippen LogP contribution in [0.1, 0.15) is 6.92 Å². The first-order chi connectivity index (χ1) is 3.46. The van der Waals surface area contributed by atoms with Gasteiger partial charge in [0, 0.05) is 6.92 Å². The van der Waals surface area contributed by atoms with Crippen LogP contribution in [0.25, 0.3) is 0 Å². The molecule has 0 heterocycles. The highest BCUT2D eigenvalue weighted by molar-refractivity contribution is 5.62. The Morgan fingerprint density at radius 3 is 1.62 bits per heavy atom. The van der Waals surface area contributed by atoms with Crippen LogP contribution in [0.3, 0.4) is 0 Å². The Balaban J connectivity index is 0. The Bertz CT molecular complexity index is 70.0. The lowest BCUT2D eigenvalue weighted by molar-refractivity contribution is -0.134. The van der Waals surface area contributed by atoms with Gasteiger partial charge in [-0.25, -0.2) is 0 Å². The second-order valence-corrected chi connectivity index (χ2v) is 0.858. The summed E-state index contributed by atoms with van der Waals surface area (Å²) < 4.78 is 20.3. The van der Waals surface area contributed by atoms with Crippen LogP contribution in [0, 0.1) is 0 Å². The van der Waals surface area contributed by atoms with Crippen LogP contribution in [-0.4, -0.2) is 11.1 Å². The van der Waals surface area contributed by atoms with Crippen LogP contribution in [0.4, 0.5) is 8.78 Å². The van der Waals surface area contributed by atoms with E-state index in [1.54, 1.807) is 0 Å². The van der Waals surface area contributed by atoms with Crippen LogP contribution in [-0.2, 0) is 4.79 Å². The second kappa shape index (κ2) is 6.07. The molecule has 0 aromatic rings. The number of carboxylic acid groups (broad SMARTS) is 1. The van der Waals surface area contributed by atoms with Crippen molar-refractivity contribution < 1.29 is 18.7 Å². The highest BCUT2D eigenvalue weighted by Crippen LogP contribution is 1.85. The van der Waals surface area contributed by atoms with Gasteiger partial charge in [0.2, 0.25) is 0 Å². The summed E-state index contributed by atoms with van der Waals surface area (Å²) in [6, 6.07) is 0. The van der Waals surface area contributed by atoms with Gasteiger partial charge >= 0.3 is 0 Å². The molecule has 0 spiro atoms. The third kappa shape index (κ3) is 97.1. The average Bonchev–Trinajstić information content (AvgIpc) is 1.25. The summed E-state index contributed by atoms with van der Waals surface area (Å²) in [4.78, 5) is 9.00. The minimum Gasteiger partial charge on any atom is -0.481 e. The smallest absolute Gasteiger partial charge is 0.300 e. The number of carboxylic acids is 1. The molecule has 0 aliphatic carbocycles. The van der Waals surface area contributed by atoms with Crippen LogP contribution in [0.5, 0.6) is 0 Å². The van der Waals surface area contributed by atoms with Crippen molar-refractivity contribution in [2.24, 2.45) is 0 Å². The van der Waals surface area contributed by atoms with Crippen molar-refractivity contribution in [2.45, 2.75) is 6.92 Å². The summed E-state index contributed by atoms with van der Waals surface area (Å²) in [6.07, 6.45) is -1.83. The lowest BCUT2D eigenvalue weighted by Crippen LogP contribution is -1.78. The topological polar surface area (TPSA) is 37.3 Å². The fourth-order valence-electron chi connectivity index (χ4n) is 0. The van der Waals surface area contributed by atoms with Gasteiger partial charge in [-0.1, -0.05) is 0 Å². The van der Waals surface area contributed by atoms with E-state index in [-0.39, 0.29) is 0 Å². The number of carbonyl (C=O) groups is 1. The van der Waals surface area contributed by atoms with Crippen LogP contribution in [0.15, 0.2) is 12.7 Å². The van der Waals surface area contributed by atoms with Gasteiger partial charge in [-0.05, 0) is 6.58 Å². The molecule has 2 nitrogen and oxygen atoms in total. The van der Waals surface area contributed by atoms with Crippen molar-refractivity contribution in [3.05, 3.63) is 12.7 Å². The van der Waals surface area contributed by atoms with Crippen LogP contribution in [0.2, 0.25) is 0 Å². The SMILES string of the molecule is C=C(F)F.CC(=O)O. The molecule has 0 radical (unpaired) electrons. The summed E-state index contributed by atoms with van der Waals surface area (Å²) in [5, 5.41) is 7.42. The zero-order valence-corrected chi connectivity index (χ0v) is 4.32. The van der Waals surface area contributed by atoms with Crippen molar-refractivity contribution in [1.29, 1.82) is 0 Å². The van der Waals surface area contributed by atoms with E-state index in [0.29, 0.717) is 0 Å². The summed E-state index contributed by atoms with van der Waals surface area (Å²) in [5.74, 6) is -0.833. The summed E-state index contributed by atoms with van der Waals surface area (Å²) in [6.45, 7) is 3.31. The largest absolute Gasteiger partial charge is 0.481 e. The monoisotopic (exact) mass is 124 g/mol. The summed E-state index contributed by atoms with van der Waals surface area (Å²) in [5.41, 5.74) is 0. The fraction of sp³-hybridized carbons (Fsp3) is 0.250. The summed E-state index contributed by atoms with van der Waals surface area (Å²) in [7, 11) is 0. The zero-order valence-electron chi connectivity index (χ0n) is 4.32. The number of halogens is 2. The predicted octanol–water partition coefficient (Wildman–Crippen LogP) is 1.49. The summed E-state index contributed by atoms with van der Waals surface area (Å²) >= 11 is 0. The zero-order chi connectivity index (χ0) is 7.15. The molecule has 0 aromatic carbocycles. The fourth-order valence-corrected chi connectivity index (χ4v) is 0. The third-order valence-corrected chi connectivity index (χ3v) is 0. The van der Waals surface area contributed by atoms with E-state index in [0.717, 1.165) is 6.92 Å². The number of aliphatic carboxylic acids is 1. The Morgan fingerprint density at radius 1 is 1.62 bits per heavy atom. The van der Waals surface area contributed by atoms with E-state index in [9.17, 15) is 8.78 Å². The quantitative estimate of drug-likeness (QED) is 0.531. The van der Waals surface area contributed by atoms with Gasteiger partial charge in [-0.15, -0.1) is 0 Å². The van der Waals surface area contributed by atoms with Gasteiger partial charge in [0.1, 0.15) is 0 Å². The second-order valence-electron chi connectivity index (χ2n) is 0.858. The molecule has 0 aliphatic rings. The highest BCUT2D eigenvalue weighted by Gasteiger charge is 1.66. The van der Waals surface area contributed by atoms with Gasteiger partial charge < -0.3 is 5.11 Å². The predicted molar refractivity (Wildman–Crippen MR) is 24.7 cm³/mol. The van der Waals surface area contributed by atoms with Crippen molar-refractivity contribution >= 4 is 5.97 Å². The molecular formula is C4H6F2O2. The normalized spacial score (nSPS) is 6.38. The van der Waals surface area contributed by atoms with E-state index in [1.807, 2.05) is 0 Å². The standard InChI is InChI=1S/C2H2F2.C2H4O2/c2*1-2(3)4/h1H2;1H3,(H,3,4). The molecule has 0 bridgehead atoms. The van der Waals surface area contributed by atoms with Gasteiger partial charge in [0.05, 0.1) is 0 Å². The van der Waals surface area contributed by atoms with Gasteiger partial charge in [-0.3, -0.25) is 4.79 Å². The Labute approximate surface area is 45.4 Å². The lowest BCUT2D eigenvalue weighted by atomic mass is 10.9. The van der Waals surface area contributed by atoms with E-state index < -0.39 is 12.0 Å². The molecule has 0 aromatic heterocycles. The molecular weight excluding hydrogens is 118 g/mol. The van der Waals surface area contributed by atoms with E-state index in [4.69, 9.17) is 9.90 Å². The number of rotatable bonds is 0. The van der Waals surface area contributed by atoms with E-state index >= 15 is 0 Å².